The lowest BCUT2D eigenvalue weighted by atomic mass is 9.96. The van der Waals surface area contributed by atoms with Crippen LogP contribution < -0.4 is 14.8 Å². The highest BCUT2D eigenvalue weighted by atomic mass is 16.5. The summed E-state index contributed by atoms with van der Waals surface area (Å²) in [5.74, 6) is 1.45. The first-order valence-electron chi connectivity index (χ1n) is 8.36. The summed E-state index contributed by atoms with van der Waals surface area (Å²) in [5.41, 5.74) is 4.07. The third kappa shape index (κ3) is 4.02. The van der Waals surface area contributed by atoms with Crippen molar-refractivity contribution in [3.63, 3.8) is 0 Å². The molecular weight excluding hydrogens is 312 g/mol. The number of methoxy groups -OCH3 is 2. The quantitative estimate of drug-likeness (QED) is 0.846. The number of ether oxygens (including phenoxy) is 2. The summed E-state index contributed by atoms with van der Waals surface area (Å²) in [6.45, 7) is 4.38. The fraction of sp³-hybridized carbons (Fsp3) is 0.286. The third-order valence-corrected chi connectivity index (χ3v) is 4.14. The number of rotatable bonds is 4. The Morgan fingerprint density at radius 1 is 1.00 bits per heavy atom. The van der Waals surface area contributed by atoms with E-state index in [2.05, 4.69) is 37.4 Å². The monoisotopic (exact) mass is 336 g/mol. The lowest BCUT2D eigenvalue weighted by molar-refractivity contribution is 0.355. The molecule has 4 nitrogen and oxygen atoms in total. The summed E-state index contributed by atoms with van der Waals surface area (Å²) in [4.78, 5) is 4.84. The highest BCUT2D eigenvalue weighted by Crippen LogP contribution is 2.33. The van der Waals surface area contributed by atoms with Crippen LogP contribution in [0.2, 0.25) is 0 Å². The summed E-state index contributed by atoms with van der Waals surface area (Å²) in [6.07, 6.45) is 4.98. The molecule has 2 aromatic rings. The van der Waals surface area contributed by atoms with Gasteiger partial charge in [-0.1, -0.05) is 24.3 Å². The van der Waals surface area contributed by atoms with E-state index in [9.17, 15) is 0 Å². The molecule has 4 heteroatoms. The van der Waals surface area contributed by atoms with Crippen molar-refractivity contribution in [1.29, 1.82) is 0 Å². The van der Waals surface area contributed by atoms with Crippen molar-refractivity contribution >= 4 is 23.2 Å². The van der Waals surface area contributed by atoms with Gasteiger partial charge in [-0.05, 0) is 49.8 Å². The minimum absolute atomic E-state index is 0.0621. The molecule has 1 N–H and O–H groups in total. The molecule has 0 saturated carbocycles. The van der Waals surface area contributed by atoms with Gasteiger partial charge < -0.3 is 14.8 Å². The lowest BCUT2D eigenvalue weighted by Crippen LogP contribution is -2.32. The molecule has 0 bridgehead atoms. The Labute approximate surface area is 149 Å². The standard InChI is InChI=1S/C21H24N2O2/c1-21(2)14-16(22-17-7-5-6-8-18(17)23-21)11-9-15-10-12-19(24-3)20(13-15)25-4/h5-13,23H,14H2,1-4H3/b11-9+. The van der Waals surface area contributed by atoms with Crippen molar-refractivity contribution in [2.75, 3.05) is 19.5 Å². The second-order valence-corrected chi connectivity index (χ2v) is 6.75. The number of hydrogen-bond acceptors (Lipinski definition) is 4. The van der Waals surface area contributed by atoms with Crippen LogP contribution in [-0.2, 0) is 0 Å². The average molecular weight is 336 g/mol. The smallest absolute Gasteiger partial charge is 0.161 e. The minimum atomic E-state index is -0.0621. The summed E-state index contributed by atoms with van der Waals surface area (Å²) in [5, 5.41) is 3.58. The van der Waals surface area contributed by atoms with Gasteiger partial charge in [0.2, 0.25) is 0 Å². The fourth-order valence-corrected chi connectivity index (χ4v) is 2.98. The number of fused-ring (bicyclic) bond motifs is 1. The minimum Gasteiger partial charge on any atom is -0.493 e. The van der Waals surface area contributed by atoms with Crippen molar-refractivity contribution in [3.8, 4) is 11.5 Å². The fourth-order valence-electron chi connectivity index (χ4n) is 2.98. The molecule has 3 rings (SSSR count). The van der Waals surface area contributed by atoms with E-state index >= 15 is 0 Å². The van der Waals surface area contributed by atoms with E-state index in [0.29, 0.717) is 0 Å². The number of nitrogens with one attached hydrogen (secondary N) is 1. The average Bonchev–Trinajstić information content (AvgIpc) is 2.73. The van der Waals surface area contributed by atoms with Gasteiger partial charge in [0.1, 0.15) is 0 Å². The van der Waals surface area contributed by atoms with E-state index in [4.69, 9.17) is 14.5 Å². The Bertz CT molecular complexity index is 822. The highest BCUT2D eigenvalue weighted by Gasteiger charge is 2.23. The van der Waals surface area contributed by atoms with Gasteiger partial charge >= 0.3 is 0 Å². The molecule has 130 valence electrons. The number of hydrogen-bond donors (Lipinski definition) is 1. The largest absolute Gasteiger partial charge is 0.493 e. The molecule has 0 fully saturated rings. The van der Waals surface area contributed by atoms with Gasteiger partial charge in [0, 0.05) is 17.7 Å². The van der Waals surface area contributed by atoms with E-state index < -0.39 is 0 Å². The number of aliphatic imine (C=N–C) groups is 1. The molecule has 0 radical (unpaired) electrons. The van der Waals surface area contributed by atoms with Gasteiger partial charge in [-0.3, -0.25) is 4.99 Å². The third-order valence-electron chi connectivity index (χ3n) is 4.14. The number of para-hydroxylation sites is 2. The SMILES string of the molecule is COc1ccc(/C=C/C2=Nc3ccccc3NC(C)(C)C2)cc1OC. The van der Waals surface area contributed by atoms with E-state index in [1.54, 1.807) is 14.2 Å². The maximum Gasteiger partial charge on any atom is 0.161 e. The Hall–Kier alpha value is -2.75. The first kappa shape index (κ1) is 17.1. The molecule has 2 aromatic carbocycles. The van der Waals surface area contributed by atoms with Crippen LogP contribution in [0.5, 0.6) is 11.5 Å². The number of anilines is 1. The van der Waals surface area contributed by atoms with Gasteiger partial charge in [0.25, 0.3) is 0 Å². The topological polar surface area (TPSA) is 42.8 Å². The number of nitrogens with zero attached hydrogens (tertiary/aromatic N) is 1. The summed E-state index contributed by atoms with van der Waals surface area (Å²) in [6, 6.07) is 14.0. The first-order chi connectivity index (χ1) is 12.0. The summed E-state index contributed by atoms with van der Waals surface area (Å²) >= 11 is 0. The molecule has 1 heterocycles. The maximum atomic E-state index is 5.37. The van der Waals surface area contributed by atoms with Crippen LogP contribution >= 0.6 is 0 Å². The Balaban J connectivity index is 1.91. The second kappa shape index (κ2) is 7.01. The molecule has 1 aliphatic rings. The van der Waals surface area contributed by atoms with Gasteiger partial charge in [-0.15, -0.1) is 0 Å². The Morgan fingerprint density at radius 3 is 2.52 bits per heavy atom. The lowest BCUT2D eigenvalue weighted by Gasteiger charge is -2.25. The van der Waals surface area contributed by atoms with Gasteiger partial charge in [0.05, 0.1) is 25.6 Å². The molecule has 1 aliphatic heterocycles. The molecule has 0 amide bonds. The van der Waals surface area contributed by atoms with Crippen LogP contribution in [0.15, 0.2) is 53.5 Å². The molecule has 0 atom stereocenters. The van der Waals surface area contributed by atoms with Crippen LogP contribution in [0.1, 0.15) is 25.8 Å². The summed E-state index contributed by atoms with van der Waals surface area (Å²) in [7, 11) is 3.28. The first-order valence-corrected chi connectivity index (χ1v) is 8.36. The van der Waals surface area contributed by atoms with Crippen molar-refractivity contribution in [2.24, 2.45) is 4.99 Å². The van der Waals surface area contributed by atoms with Crippen molar-refractivity contribution < 1.29 is 9.47 Å². The van der Waals surface area contributed by atoms with Crippen LogP contribution in [0, 0.1) is 0 Å². The van der Waals surface area contributed by atoms with E-state index in [1.165, 1.54) is 0 Å². The molecule has 25 heavy (non-hydrogen) atoms. The maximum absolute atomic E-state index is 5.37. The molecule has 0 aliphatic carbocycles. The normalized spacial score (nSPS) is 15.8. The van der Waals surface area contributed by atoms with Crippen LogP contribution in [-0.4, -0.2) is 25.5 Å². The number of benzene rings is 2. The van der Waals surface area contributed by atoms with Crippen molar-refractivity contribution in [1.82, 2.24) is 0 Å². The van der Waals surface area contributed by atoms with E-state index in [1.807, 2.05) is 36.4 Å². The predicted molar refractivity (Wildman–Crippen MR) is 104 cm³/mol. The predicted octanol–water partition coefficient (Wildman–Crippen LogP) is 5.08. The molecular formula is C21H24N2O2. The van der Waals surface area contributed by atoms with Gasteiger partial charge in [-0.2, -0.15) is 0 Å². The zero-order valence-corrected chi connectivity index (χ0v) is 15.2. The highest BCUT2D eigenvalue weighted by molar-refractivity contribution is 6.02. The van der Waals surface area contributed by atoms with E-state index in [-0.39, 0.29) is 5.54 Å². The Kier molecular flexibility index (Phi) is 4.79. The zero-order valence-electron chi connectivity index (χ0n) is 15.2. The van der Waals surface area contributed by atoms with Crippen LogP contribution in [0.25, 0.3) is 6.08 Å². The van der Waals surface area contributed by atoms with Gasteiger partial charge in [-0.25, -0.2) is 0 Å². The summed E-state index contributed by atoms with van der Waals surface area (Å²) < 4.78 is 10.7. The molecule has 0 unspecified atom stereocenters. The van der Waals surface area contributed by atoms with Crippen molar-refractivity contribution in [3.05, 3.63) is 54.1 Å². The zero-order chi connectivity index (χ0) is 17.9. The Morgan fingerprint density at radius 2 is 1.76 bits per heavy atom. The number of allylic oxidation sites excluding steroid dienone is 1. The van der Waals surface area contributed by atoms with Crippen molar-refractivity contribution in [2.45, 2.75) is 25.8 Å². The van der Waals surface area contributed by atoms with Crippen LogP contribution in [0.4, 0.5) is 11.4 Å². The molecule has 0 saturated heterocycles. The van der Waals surface area contributed by atoms with E-state index in [0.717, 1.165) is 40.6 Å². The second-order valence-electron chi connectivity index (χ2n) is 6.75. The molecule has 0 aromatic heterocycles. The van der Waals surface area contributed by atoms with Gasteiger partial charge in [0.15, 0.2) is 11.5 Å². The molecule has 0 spiro atoms. The van der Waals surface area contributed by atoms with Crippen LogP contribution in [0.3, 0.4) is 0 Å².